The first-order valence-corrected chi connectivity index (χ1v) is 16.9. The maximum Gasteiger partial charge on any atom is 0.231 e. The molecule has 4 aliphatic rings. The highest BCUT2D eigenvalue weighted by Gasteiger charge is 2.37. The van der Waals surface area contributed by atoms with Crippen LogP contribution in [0.1, 0.15) is 80.2 Å². The van der Waals surface area contributed by atoms with E-state index in [1.54, 1.807) is 20.3 Å². The molecular formula is C39H44O10. The fourth-order valence-electron chi connectivity index (χ4n) is 6.98. The first kappa shape index (κ1) is 34.1. The summed E-state index contributed by atoms with van der Waals surface area (Å²) in [5.74, 6) is 3.36. The zero-order valence-corrected chi connectivity index (χ0v) is 29.0. The van der Waals surface area contributed by atoms with Crippen LogP contribution in [0.25, 0.3) is 11.1 Å². The number of ether oxygens (including phenoxy) is 8. The summed E-state index contributed by atoms with van der Waals surface area (Å²) in [5.41, 5.74) is 6.46. The Bertz CT molecular complexity index is 1830. The van der Waals surface area contributed by atoms with Gasteiger partial charge >= 0.3 is 0 Å². The number of benzene rings is 4. The van der Waals surface area contributed by atoms with Crippen LogP contribution >= 0.6 is 0 Å². The van der Waals surface area contributed by atoms with Gasteiger partial charge in [0, 0.05) is 22.8 Å². The second-order valence-corrected chi connectivity index (χ2v) is 11.5. The molecule has 0 aliphatic carbocycles. The molecule has 10 heteroatoms. The van der Waals surface area contributed by atoms with Crippen LogP contribution in [0.5, 0.6) is 46.0 Å². The number of aromatic hydroxyl groups is 2. The van der Waals surface area contributed by atoms with E-state index in [1.165, 1.54) is 0 Å². The lowest BCUT2D eigenvalue weighted by molar-refractivity contribution is 0.00581. The lowest BCUT2D eigenvalue weighted by Crippen LogP contribution is -2.26. The number of fused-ring (bicyclic) bond motifs is 4. The zero-order chi connectivity index (χ0) is 34.8. The van der Waals surface area contributed by atoms with Crippen molar-refractivity contribution in [2.45, 2.75) is 65.8 Å². The van der Waals surface area contributed by atoms with E-state index in [0.29, 0.717) is 59.5 Å². The summed E-state index contributed by atoms with van der Waals surface area (Å²) in [5, 5.41) is 22.6. The van der Waals surface area contributed by atoms with Gasteiger partial charge in [0.25, 0.3) is 0 Å². The molecule has 0 spiro atoms. The highest BCUT2D eigenvalue weighted by Crippen LogP contribution is 2.54. The van der Waals surface area contributed by atoms with Crippen LogP contribution in [0.15, 0.2) is 48.5 Å². The second-order valence-electron chi connectivity index (χ2n) is 11.5. The Balaban J connectivity index is 0.00000101. The molecular weight excluding hydrogens is 628 g/mol. The first-order valence-electron chi connectivity index (χ1n) is 16.9. The number of hydrogen-bond donors (Lipinski definition) is 2. The predicted octanol–water partition coefficient (Wildman–Crippen LogP) is 8.00. The fraction of sp³-hybridized carbons (Fsp3) is 0.385. The van der Waals surface area contributed by atoms with Gasteiger partial charge in [-0.1, -0.05) is 39.8 Å². The third-order valence-electron chi connectivity index (χ3n) is 8.96. The normalized spacial score (nSPS) is 19.4. The third-order valence-corrected chi connectivity index (χ3v) is 8.96. The van der Waals surface area contributed by atoms with Gasteiger partial charge in [-0.05, 0) is 77.9 Å². The molecule has 0 aromatic heterocycles. The Labute approximate surface area is 287 Å². The molecule has 49 heavy (non-hydrogen) atoms. The van der Waals surface area contributed by atoms with Gasteiger partial charge in [-0.2, -0.15) is 0 Å². The number of hydrogen-bond acceptors (Lipinski definition) is 10. The average molecular weight is 673 g/mol. The monoisotopic (exact) mass is 672 g/mol. The highest BCUT2D eigenvalue weighted by atomic mass is 16.7. The van der Waals surface area contributed by atoms with Gasteiger partial charge in [0.05, 0.1) is 26.9 Å². The topological polar surface area (TPSA) is 114 Å². The lowest BCUT2D eigenvalue weighted by Gasteiger charge is -2.35. The molecule has 260 valence electrons. The van der Waals surface area contributed by atoms with Crippen molar-refractivity contribution in [1.29, 1.82) is 0 Å². The molecule has 0 amide bonds. The standard InChI is InChI=1S/C35H32O10.2C2H6/c1-17-10-21-22(13-23(36)33(37)32(21)35(45-17)19-5-7-25-27(12-19)44-16-42-25)30-20-8-9-40-34(31(20)29(39-3)14-28(30)38-2)18-4-6-24-26(11-18)43-15-41-24;2*1-2/h4-7,11-14,17,34-37H,8-10,15-16H2,1-3H3;2*1-2H3. The van der Waals surface area contributed by atoms with Gasteiger partial charge < -0.3 is 48.1 Å². The Morgan fingerprint density at radius 1 is 0.673 bits per heavy atom. The minimum Gasteiger partial charge on any atom is -0.504 e. The SMILES string of the molecule is CC.CC.COc1cc(OC)c2c(c1-c1cc(O)c(O)c3c1CC(C)OC3c1ccc3c(c1)OCO3)CCOC2c1ccc2c(c1)OCO2. The van der Waals surface area contributed by atoms with E-state index in [0.717, 1.165) is 38.9 Å². The van der Waals surface area contributed by atoms with Gasteiger partial charge in [0.1, 0.15) is 23.7 Å². The molecule has 4 aromatic rings. The molecule has 3 atom stereocenters. The first-order chi connectivity index (χ1) is 23.9. The van der Waals surface area contributed by atoms with E-state index < -0.39 is 12.2 Å². The summed E-state index contributed by atoms with van der Waals surface area (Å²) in [6, 6.07) is 14.9. The van der Waals surface area contributed by atoms with Crippen LogP contribution in [0.4, 0.5) is 0 Å². The number of methoxy groups -OCH3 is 2. The summed E-state index contributed by atoms with van der Waals surface area (Å²) in [6.07, 6.45) is -0.221. The lowest BCUT2D eigenvalue weighted by atomic mass is 9.80. The number of phenols is 2. The summed E-state index contributed by atoms with van der Waals surface area (Å²) in [6.45, 7) is 10.8. The minimum absolute atomic E-state index is 0.146. The van der Waals surface area contributed by atoms with Gasteiger partial charge in [-0.25, -0.2) is 0 Å². The van der Waals surface area contributed by atoms with Crippen molar-refractivity contribution in [2.24, 2.45) is 0 Å². The molecule has 2 N–H and O–H groups in total. The van der Waals surface area contributed by atoms with Gasteiger partial charge in [0.2, 0.25) is 13.6 Å². The molecule has 0 radical (unpaired) electrons. The third kappa shape index (κ3) is 5.93. The van der Waals surface area contributed by atoms with Crippen molar-refractivity contribution in [1.82, 2.24) is 0 Å². The summed E-state index contributed by atoms with van der Waals surface area (Å²) >= 11 is 0. The van der Waals surface area contributed by atoms with Gasteiger partial charge in [-0.3, -0.25) is 0 Å². The van der Waals surface area contributed by atoms with Crippen LogP contribution in [0.3, 0.4) is 0 Å². The van der Waals surface area contributed by atoms with E-state index in [2.05, 4.69) is 0 Å². The van der Waals surface area contributed by atoms with Crippen molar-refractivity contribution < 1.29 is 48.1 Å². The van der Waals surface area contributed by atoms with E-state index in [1.807, 2.05) is 77.1 Å². The second kappa shape index (κ2) is 14.4. The molecule has 4 aromatic carbocycles. The largest absolute Gasteiger partial charge is 0.504 e. The number of phenolic OH excluding ortho intramolecular Hbond substituents is 2. The van der Waals surface area contributed by atoms with Crippen LogP contribution < -0.4 is 28.4 Å². The van der Waals surface area contributed by atoms with Crippen LogP contribution in [0, 0.1) is 0 Å². The van der Waals surface area contributed by atoms with Crippen molar-refractivity contribution >= 4 is 0 Å². The van der Waals surface area contributed by atoms with Crippen molar-refractivity contribution in [2.75, 3.05) is 34.4 Å². The summed E-state index contributed by atoms with van der Waals surface area (Å²) in [4.78, 5) is 0. The van der Waals surface area contributed by atoms with Crippen LogP contribution in [0.2, 0.25) is 0 Å². The van der Waals surface area contributed by atoms with Crippen molar-refractivity contribution in [3.05, 3.63) is 81.9 Å². The molecule has 3 unspecified atom stereocenters. The fourth-order valence-corrected chi connectivity index (χ4v) is 6.98. The van der Waals surface area contributed by atoms with Crippen LogP contribution in [-0.2, 0) is 22.3 Å². The molecule has 0 saturated heterocycles. The van der Waals surface area contributed by atoms with Gasteiger partial charge in [-0.15, -0.1) is 0 Å². The van der Waals surface area contributed by atoms with E-state index >= 15 is 0 Å². The zero-order valence-electron chi connectivity index (χ0n) is 29.0. The maximum atomic E-state index is 11.4. The molecule has 10 nitrogen and oxygen atoms in total. The molecule has 0 fully saturated rings. The molecule has 0 saturated carbocycles. The summed E-state index contributed by atoms with van der Waals surface area (Å²) in [7, 11) is 3.25. The minimum atomic E-state index is -0.658. The van der Waals surface area contributed by atoms with E-state index in [-0.39, 0.29) is 31.2 Å². The Hall–Kier alpha value is -4.80. The van der Waals surface area contributed by atoms with Crippen molar-refractivity contribution in [3.63, 3.8) is 0 Å². The highest BCUT2D eigenvalue weighted by molar-refractivity contribution is 5.84. The Morgan fingerprint density at radius 3 is 1.88 bits per heavy atom. The van der Waals surface area contributed by atoms with E-state index in [9.17, 15) is 10.2 Å². The molecule has 4 heterocycles. The van der Waals surface area contributed by atoms with Crippen molar-refractivity contribution in [3.8, 4) is 57.1 Å². The molecule has 8 rings (SSSR count). The predicted molar refractivity (Wildman–Crippen MR) is 184 cm³/mol. The van der Waals surface area contributed by atoms with E-state index in [4.69, 9.17) is 37.9 Å². The molecule has 0 bridgehead atoms. The summed E-state index contributed by atoms with van der Waals surface area (Å²) < 4.78 is 47.1. The van der Waals surface area contributed by atoms with Gasteiger partial charge in [0.15, 0.2) is 34.5 Å². The smallest absolute Gasteiger partial charge is 0.231 e. The Kier molecular flexibility index (Phi) is 9.99. The maximum absolute atomic E-state index is 11.4. The Morgan fingerprint density at radius 2 is 1.27 bits per heavy atom. The van der Waals surface area contributed by atoms with Crippen LogP contribution in [-0.4, -0.2) is 50.7 Å². The molecule has 4 aliphatic heterocycles. The quantitative estimate of drug-likeness (QED) is 0.202. The average Bonchev–Trinajstić information content (AvgIpc) is 3.82. The number of rotatable bonds is 5.